The molecular formula is C17H14BrNO2S. The predicted molar refractivity (Wildman–Crippen MR) is 91.3 cm³/mol. The van der Waals surface area contributed by atoms with E-state index in [1.165, 1.54) is 3.97 Å². The Morgan fingerprint density at radius 2 is 1.55 bits per heavy atom. The largest absolute Gasteiger partial charge is 0.268 e. The Balaban J connectivity index is 2.19. The lowest BCUT2D eigenvalue weighted by Gasteiger charge is -2.11. The summed E-state index contributed by atoms with van der Waals surface area (Å²) in [6, 6.07) is 18.1. The molecule has 3 aromatic rings. The van der Waals surface area contributed by atoms with E-state index in [4.69, 9.17) is 0 Å². The van der Waals surface area contributed by atoms with Crippen molar-refractivity contribution in [2.45, 2.75) is 11.8 Å². The third-order valence-corrected chi connectivity index (χ3v) is 5.76. The topological polar surface area (TPSA) is 39.1 Å². The molecule has 2 aromatic carbocycles. The fourth-order valence-corrected chi connectivity index (χ4v) is 4.31. The van der Waals surface area contributed by atoms with Gasteiger partial charge in [0.1, 0.15) is 0 Å². The molecule has 0 saturated heterocycles. The van der Waals surface area contributed by atoms with Gasteiger partial charge in [-0.25, -0.2) is 12.4 Å². The summed E-state index contributed by atoms with van der Waals surface area (Å²) >= 11 is 3.45. The fourth-order valence-electron chi connectivity index (χ4n) is 2.28. The third kappa shape index (κ3) is 2.62. The van der Waals surface area contributed by atoms with E-state index in [0.29, 0.717) is 5.69 Å². The number of halogens is 1. The Morgan fingerprint density at radius 1 is 0.909 bits per heavy atom. The van der Waals surface area contributed by atoms with Gasteiger partial charge in [0.05, 0.1) is 10.6 Å². The maximum absolute atomic E-state index is 12.9. The second-order valence-electron chi connectivity index (χ2n) is 4.99. The minimum atomic E-state index is -3.63. The van der Waals surface area contributed by atoms with E-state index in [-0.39, 0.29) is 4.90 Å². The number of aromatic nitrogens is 1. The van der Waals surface area contributed by atoms with Crippen molar-refractivity contribution in [1.82, 2.24) is 3.97 Å². The second kappa shape index (κ2) is 5.74. The molecule has 112 valence electrons. The standard InChI is InChI=1S/C17H14BrNO2S/c1-13-7-9-15(10-8-13)22(20,21)19-12-11-16(18)17(19)14-5-3-2-4-6-14/h2-12H,1H3. The molecule has 1 heterocycles. The van der Waals surface area contributed by atoms with Gasteiger partial charge in [0, 0.05) is 16.2 Å². The molecule has 5 heteroatoms. The Hall–Kier alpha value is -1.85. The second-order valence-corrected chi connectivity index (χ2v) is 7.66. The van der Waals surface area contributed by atoms with Crippen LogP contribution in [0.1, 0.15) is 5.56 Å². The number of nitrogens with zero attached hydrogens (tertiary/aromatic N) is 1. The molecule has 0 amide bonds. The Labute approximate surface area is 138 Å². The van der Waals surface area contributed by atoms with E-state index in [1.54, 1.807) is 36.5 Å². The number of benzene rings is 2. The van der Waals surface area contributed by atoms with Crippen molar-refractivity contribution in [3.05, 3.63) is 76.9 Å². The highest BCUT2D eigenvalue weighted by Gasteiger charge is 2.22. The highest BCUT2D eigenvalue weighted by atomic mass is 79.9. The van der Waals surface area contributed by atoms with Gasteiger partial charge in [-0.15, -0.1) is 0 Å². The van der Waals surface area contributed by atoms with Crippen molar-refractivity contribution in [3.8, 4) is 11.3 Å². The SMILES string of the molecule is Cc1ccc(S(=O)(=O)n2ccc(Br)c2-c2ccccc2)cc1. The summed E-state index contributed by atoms with van der Waals surface area (Å²) in [5, 5.41) is 0. The van der Waals surface area contributed by atoms with Crippen LogP contribution in [0, 0.1) is 6.92 Å². The van der Waals surface area contributed by atoms with Gasteiger partial charge in [-0.2, -0.15) is 0 Å². The van der Waals surface area contributed by atoms with Crippen LogP contribution < -0.4 is 0 Å². The molecule has 0 fully saturated rings. The summed E-state index contributed by atoms with van der Waals surface area (Å²) in [5.74, 6) is 0. The van der Waals surface area contributed by atoms with E-state index < -0.39 is 10.0 Å². The summed E-state index contributed by atoms with van der Waals surface area (Å²) in [7, 11) is -3.63. The van der Waals surface area contributed by atoms with Gasteiger partial charge in [0.15, 0.2) is 0 Å². The van der Waals surface area contributed by atoms with Crippen molar-refractivity contribution in [1.29, 1.82) is 0 Å². The average molecular weight is 376 g/mol. The van der Waals surface area contributed by atoms with Crippen molar-refractivity contribution >= 4 is 26.0 Å². The van der Waals surface area contributed by atoms with Crippen LogP contribution in [-0.4, -0.2) is 12.4 Å². The fraction of sp³-hybridized carbons (Fsp3) is 0.0588. The number of hydrogen-bond donors (Lipinski definition) is 0. The Bertz CT molecular complexity index is 898. The minimum Gasteiger partial charge on any atom is -0.240 e. The van der Waals surface area contributed by atoms with Crippen molar-refractivity contribution in [3.63, 3.8) is 0 Å². The summed E-state index contributed by atoms with van der Waals surface area (Å²) in [5.41, 5.74) is 2.49. The number of hydrogen-bond acceptors (Lipinski definition) is 2. The zero-order valence-corrected chi connectivity index (χ0v) is 14.3. The van der Waals surface area contributed by atoms with E-state index in [9.17, 15) is 8.42 Å². The number of rotatable bonds is 3. The smallest absolute Gasteiger partial charge is 0.240 e. The third-order valence-electron chi connectivity index (χ3n) is 3.43. The lowest BCUT2D eigenvalue weighted by Crippen LogP contribution is -2.13. The first-order valence-electron chi connectivity index (χ1n) is 6.74. The normalized spacial score (nSPS) is 11.5. The van der Waals surface area contributed by atoms with Crippen molar-refractivity contribution in [2.75, 3.05) is 0 Å². The molecule has 0 saturated carbocycles. The van der Waals surface area contributed by atoms with E-state index in [1.807, 2.05) is 37.3 Å². The molecule has 0 bridgehead atoms. The van der Waals surface area contributed by atoms with Gasteiger partial charge < -0.3 is 0 Å². The zero-order valence-electron chi connectivity index (χ0n) is 11.9. The molecule has 0 N–H and O–H groups in total. The van der Waals surface area contributed by atoms with Gasteiger partial charge >= 0.3 is 0 Å². The van der Waals surface area contributed by atoms with Gasteiger partial charge in [-0.1, -0.05) is 48.0 Å². The van der Waals surface area contributed by atoms with Gasteiger partial charge in [0.25, 0.3) is 10.0 Å². The molecule has 0 radical (unpaired) electrons. The van der Waals surface area contributed by atoms with Crippen LogP contribution in [0.2, 0.25) is 0 Å². The highest BCUT2D eigenvalue weighted by Crippen LogP contribution is 2.32. The highest BCUT2D eigenvalue weighted by molar-refractivity contribution is 9.10. The summed E-state index contributed by atoms with van der Waals surface area (Å²) < 4.78 is 27.9. The predicted octanol–water partition coefficient (Wildman–Crippen LogP) is 4.46. The first-order valence-corrected chi connectivity index (χ1v) is 8.98. The molecule has 22 heavy (non-hydrogen) atoms. The molecule has 0 atom stereocenters. The summed E-state index contributed by atoms with van der Waals surface area (Å²) in [6.45, 7) is 1.93. The quantitative estimate of drug-likeness (QED) is 0.677. The molecule has 0 aliphatic heterocycles. The Morgan fingerprint density at radius 3 is 2.18 bits per heavy atom. The maximum Gasteiger partial charge on any atom is 0.268 e. The summed E-state index contributed by atoms with van der Waals surface area (Å²) in [4.78, 5) is 0.276. The van der Waals surface area contributed by atoms with Gasteiger partial charge in [-0.05, 0) is 41.1 Å². The zero-order chi connectivity index (χ0) is 15.7. The first kappa shape index (κ1) is 15.1. The molecule has 0 aliphatic rings. The van der Waals surface area contributed by atoms with Crippen LogP contribution >= 0.6 is 15.9 Å². The van der Waals surface area contributed by atoms with Gasteiger partial charge in [-0.3, -0.25) is 0 Å². The molecular weight excluding hydrogens is 362 g/mol. The van der Waals surface area contributed by atoms with E-state index >= 15 is 0 Å². The van der Waals surface area contributed by atoms with Crippen LogP contribution in [0.25, 0.3) is 11.3 Å². The van der Waals surface area contributed by atoms with E-state index in [0.717, 1.165) is 15.6 Å². The van der Waals surface area contributed by atoms with Gasteiger partial charge in [0.2, 0.25) is 0 Å². The van der Waals surface area contributed by atoms with Crippen molar-refractivity contribution < 1.29 is 8.42 Å². The molecule has 3 nitrogen and oxygen atoms in total. The monoisotopic (exact) mass is 375 g/mol. The van der Waals surface area contributed by atoms with Crippen LogP contribution in [0.4, 0.5) is 0 Å². The molecule has 3 rings (SSSR count). The lowest BCUT2D eigenvalue weighted by molar-refractivity contribution is 0.588. The van der Waals surface area contributed by atoms with Crippen LogP contribution in [0.15, 0.2) is 76.2 Å². The first-order chi connectivity index (χ1) is 10.5. The molecule has 0 unspecified atom stereocenters. The lowest BCUT2D eigenvalue weighted by atomic mass is 10.2. The molecule has 0 spiro atoms. The average Bonchev–Trinajstić information content (AvgIpc) is 2.91. The van der Waals surface area contributed by atoms with Crippen molar-refractivity contribution in [2.24, 2.45) is 0 Å². The van der Waals surface area contributed by atoms with E-state index in [2.05, 4.69) is 15.9 Å². The van der Waals surface area contributed by atoms with Crippen LogP contribution in [0.3, 0.4) is 0 Å². The number of aryl methyl sites for hydroxylation is 1. The minimum absolute atomic E-state index is 0.276. The van der Waals surface area contributed by atoms with Crippen LogP contribution in [0.5, 0.6) is 0 Å². The molecule has 1 aromatic heterocycles. The summed E-state index contributed by atoms with van der Waals surface area (Å²) in [6.07, 6.45) is 1.57. The maximum atomic E-state index is 12.9. The Kier molecular flexibility index (Phi) is 3.93. The molecule has 0 aliphatic carbocycles. The van der Waals surface area contributed by atoms with Crippen LogP contribution in [-0.2, 0) is 10.0 Å².